The van der Waals surface area contributed by atoms with Crippen LogP contribution in [0.1, 0.15) is 36.1 Å². The lowest BCUT2D eigenvalue weighted by Gasteiger charge is -2.09. The van der Waals surface area contributed by atoms with Gasteiger partial charge < -0.3 is 4.42 Å². The highest BCUT2D eigenvalue weighted by Crippen LogP contribution is 2.62. The maximum atomic E-state index is 11.2. The number of H-pyrrole nitrogens is 1. The van der Waals surface area contributed by atoms with Gasteiger partial charge in [-0.1, -0.05) is 34.8 Å². The molecular formula is C15H16BrNO2. The number of benzene rings is 1. The van der Waals surface area contributed by atoms with E-state index in [1.54, 1.807) is 0 Å². The summed E-state index contributed by atoms with van der Waals surface area (Å²) < 4.78 is 5.15. The van der Waals surface area contributed by atoms with Crippen molar-refractivity contribution in [3.8, 4) is 0 Å². The van der Waals surface area contributed by atoms with Gasteiger partial charge in [0.05, 0.1) is 5.52 Å². The number of rotatable bonds is 2. The van der Waals surface area contributed by atoms with Crippen LogP contribution < -0.4 is 5.76 Å². The van der Waals surface area contributed by atoms with Crippen LogP contribution in [0.2, 0.25) is 0 Å². The minimum absolute atomic E-state index is 0.377. The minimum atomic E-state index is -0.377. The Morgan fingerprint density at radius 3 is 2.74 bits per heavy atom. The van der Waals surface area contributed by atoms with Crippen LogP contribution in [0.15, 0.2) is 27.4 Å². The van der Waals surface area contributed by atoms with E-state index in [1.165, 1.54) is 31.2 Å². The Morgan fingerprint density at radius 2 is 2.00 bits per heavy atom. The number of aromatic nitrogens is 1. The van der Waals surface area contributed by atoms with Crippen LogP contribution >= 0.6 is 15.9 Å². The Morgan fingerprint density at radius 1 is 1.26 bits per heavy atom. The van der Waals surface area contributed by atoms with Crippen molar-refractivity contribution in [1.29, 1.82) is 0 Å². The zero-order valence-corrected chi connectivity index (χ0v) is 12.2. The second-order valence-corrected chi connectivity index (χ2v) is 6.85. The van der Waals surface area contributed by atoms with Crippen LogP contribution in [0.3, 0.4) is 0 Å². The molecular weight excluding hydrogens is 306 g/mol. The predicted molar refractivity (Wildman–Crippen MR) is 77.4 cm³/mol. The number of alkyl halides is 1. The van der Waals surface area contributed by atoms with Crippen LogP contribution in [0.25, 0.3) is 11.1 Å². The molecule has 1 heterocycles. The third kappa shape index (κ3) is 1.88. The molecule has 0 bridgehead atoms. The van der Waals surface area contributed by atoms with E-state index in [0.717, 1.165) is 23.3 Å². The minimum Gasteiger partial charge on any atom is -0.408 e. The van der Waals surface area contributed by atoms with Crippen molar-refractivity contribution in [2.75, 3.05) is 0 Å². The maximum absolute atomic E-state index is 11.2. The number of hydrogen-bond donors (Lipinski definition) is 1. The summed E-state index contributed by atoms with van der Waals surface area (Å²) in [6, 6.07) is 6.03. The van der Waals surface area contributed by atoms with Gasteiger partial charge in [-0.15, -0.1) is 0 Å². The largest absolute Gasteiger partial charge is 0.417 e. The Labute approximate surface area is 119 Å². The van der Waals surface area contributed by atoms with Crippen molar-refractivity contribution in [1.82, 2.24) is 4.98 Å². The quantitative estimate of drug-likeness (QED) is 0.850. The molecule has 3 nitrogen and oxygen atoms in total. The molecule has 2 aliphatic rings. The molecule has 0 aliphatic heterocycles. The van der Waals surface area contributed by atoms with Crippen LogP contribution in [-0.2, 0) is 0 Å². The molecule has 4 heteroatoms. The monoisotopic (exact) mass is 321 g/mol. The standard InChI is InChI=1S/C15H16BrNO2/c16-14(13-9-3-1-2-4-10(9)13)8-5-6-11-12(7-8)19-15(18)17-11/h5-7,9-10,13-14H,1-4H2,(H,17,18). The van der Waals surface area contributed by atoms with E-state index in [4.69, 9.17) is 4.42 Å². The molecule has 0 amide bonds. The Hall–Kier alpha value is -1.03. The van der Waals surface area contributed by atoms with E-state index in [0.29, 0.717) is 10.4 Å². The topological polar surface area (TPSA) is 46.0 Å². The fourth-order valence-corrected chi connectivity index (χ4v) is 4.91. The molecule has 2 fully saturated rings. The Bertz CT molecular complexity index is 662. The van der Waals surface area contributed by atoms with Gasteiger partial charge in [-0.05, 0) is 48.3 Å². The first-order valence-corrected chi connectivity index (χ1v) is 7.92. The highest BCUT2D eigenvalue weighted by Gasteiger charge is 2.53. The first kappa shape index (κ1) is 11.8. The summed E-state index contributed by atoms with van der Waals surface area (Å²) in [5.41, 5.74) is 2.67. The van der Waals surface area contributed by atoms with Gasteiger partial charge >= 0.3 is 5.76 Å². The average Bonchev–Trinajstić information content (AvgIpc) is 3.02. The maximum Gasteiger partial charge on any atom is 0.417 e. The van der Waals surface area contributed by atoms with Crippen molar-refractivity contribution in [3.05, 3.63) is 34.3 Å². The lowest BCUT2D eigenvalue weighted by molar-refractivity contribution is 0.480. The van der Waals surface area contributed by atoms with Crippen LogP contribution in [0.5, 0.6) is 0 Å². The van der Waals surface area contributed by atoms with Gasteiger partial charge in [0.15, 0.2) is 5.58 Å². The molecule has 2 saturated carbocycles. The van der Waals surface area contributed by atoms with Crippen molar-refractivity contribution >= 4 is 27.0 Å². The third-order valence-electron chi connectivity index (χ3n) is 4.82. The number of hydrogen-bond acceptors (Lipinski definition) is 2. The molecule has 0 spiro atoms. The zero-order chi connectivity index (χ0) is 13.0. The van der Waals surface area contributed by atoms with Crippen molar-refractivity contribution in [2.45, 2.75) is 30.5 Å². The zero-order valence-electron chi connectivity index (χ0n) is 10.6. The summed E-state index contributed by atoms with van der Waals surface area (Å²) in [5, 5.41) is 0. The third-order valence-corrected chi connectivity index (χ3v) is 5.96. The predicted octanol–water partition coefficient (Wildman–Crippen LogP) is 3.99. The van der Waals surface area contributed by atoms with E-state index in [1.807, 2.05) is 12.1 Å². The van der Waals surface area contributed by atoms with E-state index >= 15 is 0 Å². The molecule has 2 aliphatic carbocycles. The fourth-order valence-electron chi connectivity index (χ4n) is 3.84. The second-order valence-electron chi connectivity index (χ2n) is 5.86. The number of fused-ring (bicyclic) bond motifs is 2. The highest BCUT2D eigenvalue weighted by atomic mass is 79.9. The van der Waals surface area contributed by atoms with Crippen LogP contribution in [0, 0.1) is 17.8 Å². The SMILES string of the molecule is O=c1[nH]c2ccc(C(Br)C3C4CCCCC43)cc2o1. The van der Waals surface area contributed by atoms with Gasteiger partial charge in [0, 0.05) is 4.83 Å². The molecule has 100 valence electrons. The molecule has 1 N–H and O–H groups in total. The van der Waals surface area contributed by atoms with Gasteiger partial charge in [0.25, 0.3) is 0 Å². The first-order valence-electron chi connectivity index (χ1n) is 7.01. The summed E-state index contributed by atoms with van der Waals surface area (Å²) >= 11 is 3.87. The van der Waals surface area contributed by atoms with Crippen LogP contribution in [0.4, 0.5) is 0 Å². The molecule has 3 unspecified atom stereocenters. The van der Waals surface area contributed by atoms with Gasteiger partial charge in [0.2, 0.25) is 0 Å². The smallest absolute Gasteiger partial charge is 0.408 e. The highest BCUT2D eigenvalue weighted by molar-refractivity contribution is 9.09. The molecule has 1 aromatic carbocycles. The molecule has 4 rings (SSSR count). The van der Waals surface area contributed by atoms with E-state index in [2.05, 4.69) is 27.0 Å². The number of oxazole rings is 1. The van der Waals surface area contributed by atoms with E-state index in [9.17, 15) is 4.79 Å². The summed E-state index contributed by atoms with van der Waals surface area (Å²) in [6.45, 7) is 0. The Kier molecular flexibility index (Phi) is 2.62. The number of nitrogens with one attached hydrogen (secondary N) is 1. The van der Waals surface area contributed by atoms with Gasteiger partial charge in [0.1, 0.15) is 0 Å². The first-order chi connectivity index (χ1) is 9.24. The lowest BCUT2D eigenvalue weighted by atomic mass is 10.0. The fraction of sp³-hybridized carbons (Fsp3) is 0.533. The van der Waals surface area contributed by atoms with E-state index < -0.39 is 0 Å². The van der Waals surface area contributed by atoms with Crippen LogP contribution in [-0.4, -0.2) is 4.98 Å². The molecule has 2 aromatic rings. The Balaban J connectivity index is 1.64. The van der Waals surface area contributed by atoms with Crippen molar-refractivity contribution in [2.24, 2.45) is 17.8 Å². The summed E-state index contributed by atoms with van der Waals surface area (Å²) in [5.74, 6) is 2.21. The van der Waals surface area contributed by atoms with Gasteiger partial charge in [-0.2, -0.15) is 0 Å². The van der Waals surface area contributed by atoms with Crippen molar-refractivity contribution in [3.63, 3.8) is 0 Å². The summed E-state index contributed by atoms with van der Waals surface area (Å²) in [6.07, 6.45) is 5.56. The van der Waals surface area contributed by atoms with Gasteiger partial charge in [-0.25, -0.2) is 4.79 Å². The summed E-state index contributed by atoms with van der Waals surface area (Å²) in [4.78, 5) is 14.3. The molecule has 19 heavy (non-hydrogen) atoms. The molecule has 1 aromatic heterocycles. The lowest BCUT2D eigenvalue weighted by Crippen LogP contribution is -1.95. The second kappa shape index (κ2) is 4.23. The van der Waals surface area contributed by atoms with Gasteiger partial charge in [-0.3, -0.25) is 4.98 Å². The molecule has 0 saturated heterocycles. The van der Waals surface area contributed by atoms with Crippen molar-refractivity contribution < 1.29 is 4.42 Å². The average molecular weight is 322 g/mol. The van der Waals surface area contributed by atoms with E-state index in [-0.39, 0.29) is 5.76 Å². The molecule has 0 radical (unpaired) electrons. The molecule has 3 atom stereocenters. The normalized spacial score (nSPS) is 31.1. The number of aromatic amines is 1. The number of halogens is 1. The summed E-state index contributed by atoms with van der Waals surface area (Å²) in [7, 11) is 0.